The third-order valence-electron chi connectivity index (χ3n) is 4.75. The molecule has 0 bridgehead atoms. The summed E-state index contributed by atoms with van der Waals surface area (Å²) in [5.74, 6) is 0.593. The number of sulfonamides is 1. The van der Waals surface area contributed by atoms with Crippen molar-refractivity contribution >= 4 is 26.7 Å². The molecular weight excluding hydrogens is 350 g/mol. The second kappa shape index (κ2) is 6.25. The van der Waals surface area contributed by atoms with Crippen molar-refractivity contribution in [3.63, 3.8) is 0 Å². The molecule has 1 atom stereocenters. The molecule has 7 heteroatoms. The van der Waals surface area contributed by atoms with Crippen molar-refractivity contribution in [2.45, 2.75) is 25.8 Å². The number of H-pyrrole nitrogens is 1. The van der Waals surface area contributed by atoms with Crippen LogP contribution in [0.3, 0.4) is 0 Å². The van der Waals surface area contributed by atoms with Gasteiger partial charge in [0.2, 0.25) is 10.0 Å². The van der Waals surface area contributed by atoms with Crippen LogP contribution in [0.25, 0.3) is 10.9 Å². The van der Waals surface area contributed by atoms with Gasteiger partial charge in [-0.1, -0.05) is 24.3 Å². The quantitative estimate of drug-likeness (QED) is 0.769. The molecule has 1 aromatic carbocycles. The van der Waals surface area contributed by atoms with Gasteiger partial charge in [-0.25, -0.2) is 13.4 Å². The minimum Gasteiger partial charge on any atom is -0.322 e. The molecule has 134 valence electrons. The molecule has 6 nitrogen and oxygen atoms in total. The average Bonchev–Trinajstić information content (AvgIpc) is 2.89. The Balaban J connectivity index is 1.62. The van der Waals surface area contributed by atoms with E-state index in [1.807, 2.05) is 43.3 Å². The summed E-state index contributed by atoms with van der Waals surface area (Å²) in [6.07, 6.45) is 2.69. The van der Waals surface area contributed by atoms with Gasteiger partial charge in [-0.3, -0.25) is 9.10 Å². The SMILES string of the molecule is C[C@H]1CCS(=O)(=O)N1c1ccc(Cc2cc3ccccc3[nH]c2=O)cn1. The van der Waals surface area contributed by atoms with Crippen molar-refractivity contribution in [1.29, 1.82) is 0 Å². The monoisotopic (exact) mass is 369 g/mol. The number of nitrogens with one attached hydrogen (secondary N) is 1. The number of anilines is 1. The van der Waals surface area contributed by atoms with Crippen LogP contribution in [0.2, 0.25) is 0 Å². The summed E-state index contributed by atoms with van der Waals surface area (Å²) in [5, 5.41) is 0.976. The molecule has 0 amide bonds. The van der Waals surface area contributed by atoms with Gasteiger partial charge in [-0.15, -0.1) is 0 Å². The van der Waals surface area contributed by atoms with Crippen LogP contribution in [0, 0.1) is 0 Å². The number of fused-ring (bicyclic) bond motifs is 1. The van der Waals surface area contributed by atoms with Gasteiger partial charge in [-0.2, -0.15) is 0 Å². The van der Waals surface area contributed by atoms with E-state index in [0.717, 1.165) is 16.5 Å². The molecule has 0 aliphatic carbocycles. The second-order valence-electron chi connectivity index (χ2n) is 6.66. The largest absolute Gasteiger partial charge is 0.322 e. The van der Waals surface area contributed by atoms with Gasteiger partial charge in [-0.05, 0) is 42.5 Å². The van der Waals surface area contributed by atoms with E-state index in [1.165, 1.54) is 4.31 Å². The standard InChI is InChI=1S/C19H19N3O3S/c1-13-8-9-26(24,25)22(13)18-7-6-14(12-20-18)10-16-11-15-4-2-3-5-17(15)21-19(16)23/h2-7,11-13H,8-10H2,1H3,(H,21,23)/t13-/m0/s1. The lowest BCUT2D eigenvalue weighted by atomic mass is 10.1. The Labute approximate surface area is 151 Å². The summed E-state index contributed by atoms with van der Waals surface area (Å²) < 4.78 is 25.7. The van der Waals surface area contributed by atoms with Gasteiger partial charge in [0, 0.05) is 29.7 Å². The fraction of sp³-hybridized carbons (Fsp3) is 0.263. The van der Waals surface area contributed by atoms with E-state index in [-0.39, 0.29) is 17.4 Å². The smallest absolute Gasteiger partial charge is 0.251 e. The van der Waals surface area contributed by atoms with E-state index < -0.39 is 10.0 Å². The second-order valence-corrected chi connectivity index (χ2v) is 8.63. The summed E-state index contributed by atoms with van der Waals surface area (Å²) in [5.41, 5.74) is 2.20. The fourth-order valence-corrected chi connectivity index (χ4v) is 5.26. The summed E-state index contributed by atoms with van der Waals surface area (Å²) >= 11 is 0. The van der Waals surface area contributed by atoms with Gasteiger partial charge in [0.15, 0.2) is 0 Å². The van der Waals surface area contributed by atoms with Gasteiger partial charge in [0.1, 0.15) is 5.82 Å². The molecule has 0 unspecified atom stereocenters. The van der Waals surface area contributed by atoms with E-state index in [4.69, 9.17) is 0 Å². The normalized spacial score (nSPS) is 19.1. The van der Waals surface area contributed by atoms with Crippen molar-refractivity contribution in [2.75, 3.05) is 10.1 Å². The summed E-state index contributed by atoms with van der Waals surface area (Å²) in [6, 6.07) is 13.0. The third kappa shape index (κ3) is 2.99. The zero-order valence-electron chi connectivity index (χ0n) is 14.3. The first kappa shape index (κ1) is 16.8. The van der Waals surface area contributed by atoms with Crippen molar-refractivity contribution in [3.8, 4) is 0 Å². The van der Waals surface area contributed by atoms with E-state index in [9.17, 15) is 13.2 Å². The zero-order valence-corrected chi connectivity index (χ0v) is 15.2. The lowest BCUT2D eigenvalue weighted by molar-refractivity contribution is 0.597. The van der Waals surface area contributed by atoms with Gasteiger partial charge >= 0.3 is 0 Å². The van der Waals surface area contributed by atoms with Crippen LogP contribution in [0.4, 0.5) is 5.82 Å². The molecule has 1 aliphatic rings. The maximum atomic E-state index is 12.3. The third-order valence-corrected chi connectivity index (χ3v) is 6.65. The van der Waals surface area contributed by atoms with Gasteiger partial charge < -0.3 is 4.98 Å². The molecule has 3 heterocycles. The van der Waals surface area contributed by atoms with Crippen LogP contribution in [0.1, 0.15) is 24.5 Å². The molecule has 1 fully saturated rings. The molecule has 1 aliphatic heterocycles. The minimum atomic E-state index is -3.28. The first-order valence-corrected chi connectivity index (χ1v) is 10.1. The highest BCUT2D eigenvalue weighted by Crippen LogP contribution is 2.27. The highest BCUT2D eigenvalue weighted by Gasteiger charge is 2.35. The molecule has 3 aromatic rings. The van der Waals surface area contributed by atoms with Gasteiger partial charge in [0.25, 0.3) is 5.56 Å². The van der Waals surface area contributed by atoms with Crippen LogP contribution < -0.4 is 9.86 Å². The number of rotatable bonds is 3. The van der Waals surface area contributed by atoms with Crippen molar-refractivity contribution < 1.29 is 8.42 Å². The maximum absolute atomic E-state index is 12.3. The first-order valence-electron chi connectivity index (χ1n) is 8.52. The number of aromatic amines is 1. The van der Waals surface area contributed by atoms with E-state index in [1.54, 1.807) is 12.3 Å². The average molecular weight is 369 g/mol. The summed E-state index contributed by atoms with van der Waals surface area (Å²) in [6.45, 7) is 1.88. The molecule has 0 radical (unpaired) electrons. The minimum absolute atomic E-state index is 0.0818. The summed E-state index contributed by atoms with van der Waals surface area (Å²) in [4.78, 5) is 19.5. The Hall–Kier alpha value is -2.67. The predicted octanol–water partition coefficient (Wildman–Crippen LogP) is 2.44. The first-order chi connectivity index (χ1) is 12.4. The number of benzene rings is 1. The number of pyridine rings is 2. The van der Waals surface area contributed by atoms with Crippen LogP contribution in [0.5, 0.6) is 0 Å². The molecule has 4 rings (SSSR count). The van der Waals surface area contributed by atoms with Crippen LogP contribution >= 0.6 is 0 Å². The summed E-state index contributed by atoms with van der Waals surface area (Å²) in [7, 11) is -3.28. The molecular formula is C19H19N3O3S. The Kier molecular flexibility index (Phi) is 4.03. The molecule has 0 spiro atoms. The number of hydrogen-bond donors (Lipinski definition) is 1. The lowest BCUT2D eigenvalue weighted by Crippen LogP contribution is -2.31. The maximum Gasteiger partial charge on any atom is 0.251 e. The molecule has 1 saturated heterocycles. The number of hydrogen-bond acceptors (Lipinski definition) is 4. The van der Waals surface area contributed by atoms with Crippen LogP contribution in [-0.4, -0.2) is 30.2 Å². The zero-order chi connectivity index (χ0) is 18.3. The van der Waals surface area contributed by atoms with Crippen molar-refractivity contribution in [2.24, 2.45) is 0 Å². The Morgan fingerprint density at radius 3 is 2.73 bits per heavy atom. The number of nitrogens with zero attached hydrogens (tertiary/aromatic N) is 2. The molecule has 2 aromatic heterocycles. The predicted molar refractivity (Wildman–Crippen MR) is 102 cm³/mol. The van der Waals surface area contributed by atoms with Crippen molar-refractivity contribution in [1.82, 2.24) is 9.97 Å². The van der Waals surface area contributed by atoms with Gasteiger partial charge in [0.05, 0.1) is 5.75 Å². The fourth-order valence-electron chi connectivity index (χ4n) is 3.37. The Morgan fingerprint density at radius 1 is 1.23 bits per heavy atom. The van der Waals surface area contributed by atoms with E-state index in [0.29, 0.717) is 24.2 Å². The van der Waals surface area contributed by atoms with Crippen LogP contribution in [0.15, 0.2) is 53.5 Å². The van der Waals surface area contributed by atoms with E-state index in [2.05, 4.69) is 9.97 Å². The highest BCUT2D eigenvalue weighted by molar-refractivity contribution is 7.93. The molecule has 1 N–H and O–H groups in total. The number of aromatic nitrogens is 2. The highest BCUT2D eigenvalue weighted by atomic mass is 32.2. The lowest BCUT2D eigenvalue weighted by Gasteiger charge is -2.21. The van der Waals surface area contributed by atoms with Crippen LogP contribution in [-0.2, 0) is 16.4 Å². The molecule has 26 heavy (non-hydrogen) atoms. The number of para-hydroxylation sites is 1. The van der Waals surface area contributed by atoms with Crippen molar-refractivity contribution in [3.05, 3.63) is 70.1 Å². The Morgan fingerprint density at radius 2 is 2.04 bits per heavy atom. The molecule has 0 saturated carbocycles. The topological polar surface area (TPSA) is 83.1 Å². The Bertz CT molecular complexity index is 1120. The van der Waals surface area contributed by atoms with E-state index >= 15 is 0 Å².